The van der Waals surface area contributed by atoms with Crippen LogP contribution in [0.25, 0.3) is 0 Å². The smallest absolute Gasteiger partial charge is 0.341 e. The van der Waals surface area contributed by atoms with E-state index in [2.05, 4.69) is 4.99 Å². The van der Waals surface area contributed by atoms with Crippen LogP contribution >= 0.6 is 23.5 Å². The van der Waals surface area contributed by atoms with Gasteiger partial charge in [0.1, 0.15) is 4.38 Å². The van der Waals surface area contributed by atoms with E-state index >= 15 is 0 Å². The van der Waals surface area contributed by atoms with Crippen molar-refractivity contribution in [3.8, 4) is 0 Å². The zero-order chi connectivity index (χ0) is 12.8. The highest BCUT2D eigenvalue weighted by molar-refractivity contribution is 8.38. The summed E-state index contributed by atoms with van der Waals surface area (Å²) in [5.41, 5.74) is -1.42. The van der Waals surface area contributed by atoms with Gasteiger partial charge in [-0.3, -0.25) is 4.79 Å². The van der Waals surface area contributed by atoms with E-state index in [1.807, 2.05) is 12.5 Å². The molecule has 0 fully saturated rings. The van der Waals surface area contributed by atoms with Crippen LogP contribution in [0.4, 0.5) is 0 Å². The van der Waals surface area contributed by atoms with Gasteiger partial charge in [-0.25, -0.2) is 9.79 Å². The number of carbonyl (C=O) groups is 2. The van der Waals surface area contributed by atoms with Gasteiger partial charge in [-0.05, 0) is 33.3 Å². The summed E-state index contributed by atoms with van der Waals surface area (Å²) in [6, 6.07) is 0. The predicted octanol–water partition coefficient (Wildman–Crippen LogP) is 1.98. The molecular weight excluding hydrogens is 246 g/mol. The van der Waals surface area contributed by atoms with Crippen molar-refractivity contribution in [2.75, 3.05) is 19.1 Å². The SMILES string of the molecule is CCOC(=O)C(C)(N=C(SC)SC)C(C)=O. The normalized spacial score (nSPS) is 13.8. The summed E-state index contributed by atoms with van der Waals surface area (Å²) in [4.78, 5) is 27.4. The maximum Gasteiger partial charge on any atom is 0.341 e. The first-order chi connectivity index (χ1) is 7.42. The van der Waals surface area contributed by atoms with Crippen molar-refractivity contribution in [2.45, 2.75) is 26.3 Å². The number of aliphatic imine (C=N–C) groups is 1. The lowest BCUT2D eigenvalue weighted by Gasteiger charge is -2.20. The van der Waals surface area contributed by atoms with Gasteiger partial charge in [-0.2, -0.15) is 0 Å². The van der Waals surface area contributed by atoms with E-state index in [4.69, 9.17) is 4.74 Å². The molecule has 0 aliphatic rings. The Labute approximate surface area is 105 Å². The highest BCUT2D eigenvalue weighted by Gasteiger charge is 2.40. The predicted molar refractivity (Wildman–Crippen MR) is 70.2 cm³/mol. The van der Waals surface area contributed by atoms with Crippen LogP contribution in [0.15, 0.2) is 4.99 Å². The fourth-order valence-corrected chi connectivity index (χ4v) is 2.11. The van der Waals surface area contributed by atoms with Gasteiger partial charge >= 0.3 is 5.97 Å². The fourth-order valence-electron chi connectivity index (χ4n) is 0.897. The molecule has 0 aromatic rings. The van der Waals surface area contributed by atoms with Crippen molar-refractivity contribution in [1.82, 2.24) is 0 Å². The Morgan fingerprint density at radius 3 is 2.12 bits per heavy atom. The minimum Gasteiger partial charge on any atom is -0.464 e. The van der Waals surface area contributed by atoms with Crippen LogP contribution in [0.1, 0.15) is 20.8 Å². The molecule has 0 saturated heterocycles. The third-order valence-electron chi connectivity index (χ3n) is 2.02. The van der Waals surface area contributed by atoms with Gasteiger partial charge in [0.15, 0.2) is 5.78 Å². The lowest BCUT2D eigenvalue weighted by Crippen LogP contribution is -2.42. The Morgan fingerprint density at radius 1 is 1.31 bits per heavy atom. The second kappa shape index (κ2) is 6.96. The summed E-state index contributed by atoms with van der Waals surface area (Å²) in [5.74, 6) is -0.908. The Balaban J connectivity index is 5.19. The lowest BCUT2D eigenvalue weighted by molar-refractivity contribution is -0.152. The zero-order valence-electron chi connectivity index (χ0n) is 10.2. The monoisotopic (exact) mass is 263 g/mol. The number of esters is 1. The summed E-state index contributed by atoms with van der Waals surface area (Å²) in [6.45, 7) is 4.77. The van der Waals surface area contributed by atoms with Crippen molar-refractivity contribution in [1.29, 1.82) is 0 Å². The molecule has 6 heteroatoms. The zero-order valence-corrected chi connectivity index (χ0v) is 11.8. The van der Waals surface area contributed by atoms with Crippen LogP contribution in [0.3, 0.4) is 0 Å². The average Bonchev–Trinajstić information content (AvgIpc) is 2.25. The molecule has 0 amide bonds. The van der Waals surface area contributed by atoms with Gasteiger partial charge in [0.25, 0.3) is 0 Å². The van der Waals surface area contributed by atoms with Crippen LogP contribution in [0.2, 0.25) is 0 Å². The molecule has 0 rings (SSSR count). The van der Waals surface area contributed by atoms with Crippen molar-refractivity contribution in [3.63, 3.8) is 0 Å². The third kappa shape index (κ3) is 3.83. The Bertz CT molecular complexity index is 298. The Hall–Kier alpha value is -0.490. The largest absolute Gasteiger partial charge is 0.464 e. The minimum absolute atomic E-state index is 0.241. The molecule has 1 atom stereocenters. The summed E-state index contributed by atoms with van der Waals surface area (Å²) in [7, 11) is 0. The van der Waals surface area contributed by atoms with Crippen LogP contribution < -0.4 is 0 Å². The van der Waals surface area contributed by atoms with Crippen molar-refractivity contribution >= 4 is 39.7 Å². The van der Waals surface area contributed by atoms with Gasteiger partial charge in [-0.15, -0.1) is 23.5 Å². The number of nitrogens with zero attached hydrogens (tertiary/aromatic N) is 1. The second-order valence-electron chi connectivity index (χ2n) is 3.13. The molecule has 0 aromatic carbocycles. The van der Waals surface area contributed by atoms with E-state index in [0.717, 1.165) is 0 Å². The average molecular weight is 263 g/mol. The van der Waals surface area contributed by atoms with Crippen LogP contribution in [-0.2, 0) is 14.3 Å². The standard InChI is InChI=1S/C10H17NO3S2/c1-6-14-8(13)10(3,7(2)12)11-9(15-4)16-5/h6H2,1-5H3. The summed E-state index contributed by atoms with van der Waals surface area (Å²) < 4.78 is 5.56. The van der Waals surface area contributed by atoms with Crippen LogP contribution in [0, 0.1) is 0 Å². The lowest BCUT2D eigenvalue weighted by atomic mass is 9.99. The number of hydrogen-bond acceptors (Lipinski definition) is 6. The number of rotatable bonds is 4. The first kappa shape index (κ1) is 15.5. The number of carbonyl (C=O) groups excluding carboxylic acids is 2. The molecule has 92 valence electrons. The Morgan fingerprint density at radius 2 is 1.81 bits per heavy atom. The molecule has 0 bridgehead atoms. The Kier molecular flexibility index (Phi) is 6.74. The molecule has 1 unspecified atom stereocenters. The summed E-state index contributed by atoms with van der Waals surface area (Å²) >= 11 is 2.81. The van der Waals surface area contributed by atoms with Crippen molar-refractivity contribution in [3.05, 3.63) is 0 Å². The molecule has 0 saturated carbocycles. The summed E-state index contributed by atoms with van der Waals surface area (Å²) in [5, 5.41) is 0. The van der Waals surface area contributed by atoms with Crippen molar-refractivity contribution in [2.24, 2.45) is 4.99 Å². The molecule has 0 aliphatic carbocycles. The first-order valence-corrected chi connectivity index (χ1v) is 7.23. The molecule has 0 aliphatic heterocycles. The van der Waals surface area contributed by atoms with Crippen molar-refractivity contribution < 1.29 is 14.3 Å². The highest BCUT2D eigenvalue weighted by atomic mass is 32.2. The first-order valence-electron chi connectivity index (χ1n) is 4.78. The van der Waals surface area contributed by atoms with Gasteiger partial charge in [0, 0.05) is 0 Å². The second-order valence-corrected chi connectivity index (χ2v) is 4.98. The van der Waals surface area contributed by atoms with Gasteiger partial charge in [-0.1, -0.05) is 0 Å². The highest BCUT2D eigenvalue weighted by Crippen LogP contribution is 2.21. The van der Waals surface area contributed by atoms with E-state index in [-0.39, 0.29) is 12.4 Å². The number of ketones is 1. The molecule has 0 heterocycles. The minimum atomic E-state index is -1.42. The molecule has 0 radical (unpaired) electrons. The topological polar surface area (TPSA) is 55.7 Å². The number of ether oxygens (including phenoxy) is 1. The number of thioether (sulfide) groups is 2. The van der Waals surface area contributed by atoms with E-state index in [9.17, 15) is 9.59 Å². The van der Waals surface area contributed by atoms with Gasteiger partial charge in [0.2, 0.25) is 5.54 Å². The number of Topliss-reactive ketones (excluding diaryl/α,β-unsaturated/α-hetero) is 1. The summed E-state index contributed by atoms with van der Waals surface area (Å²) in [6.07, 6.45) is 3.70. The molecule has 0 aromatic heterocycles. The fraction of sp³-hybridized carbons (Fsp3) is 0.700. The molecule has 16 heavy (non-hydrogen) atoms. The maximum absolute atomic E-state index is 11.7. The van der Waals surface area contributed by atoms with E-state index < -0.39 is 11.5 Å². The van der Waals surface area contributed by atoms with Crippen LogP contribution in [0.5, 0.6) is 0 Å². The quantitative estimate of drug-likeness (QED) is 0.336. The van der Waals surface area contributed by atoms with Gasteiger partial charge < -0.3 is 4.74 Å². The molecular formula is C10H17NO3S2. The third-order valence-corrected chi connectivity index (χ3v) is 3.90. The van der Waals surface area contributed by atoms with Gasteiger partial charge in [0.05, 0.1) is 6.61 Å². The van der Waals surface area contributed by atoms with E-state index in [0.29, 0.717) is 4.38 Å². The number of hydrogen-bond donors (Lipinski definition) is 0. The molecule has 4 nitrogen and oxygen atoms in total. The molecule has 0 spiro atoms. The van der Waals surface area contributed by atoms with Crippen LogP contribution in [-0.4, -0.2) is 40.8 Å². The molecule has 0 N–H and O–H groups in total. The maximum atomic E-state index is 11.7. The van der Waals surface area contributed by atoms with E-state index in [1.54, 1.807) is 6.92 Å². The van der Waals surface area contributed by atoms with E-state index in [1.165, 1.54) is 37.4 Å².